The van der Waals surface area contributed by atoms with Crippen LogP contribution in [-0.4, -0.2) is 17.1 Å². The Bertz CT molecular complexity index is 499. The van der Waals surface area contributed by atoms with Gasteiger partial charge in [0.2, 0.25) is 0 Å². The van der Waals surface area contributed by atoms with Gasteiger partial charge in [-0.2, -0.15) is 0 Å². The first-order valence-corrected chi connectivity index (χ1v) is 5.00. The van der Waals surface area contributed by atoms with Crippen molar-refractivity contribution >= 4 is 17.3 Å². The van der Waals surface area contributed by atoms with Gasteiger partial charge in [-0.05, 0) is 18.2 Å². The van der Waals surface area contributed by atoms with E-state index in [1.54, 1.807) is 37.7 Å². The second kappa shape index (κ2) is 4.37. The molecule has 2 rings (SSSR count). The van der Waals surface area contributed by atoms with Crippen molar-refractivity contribution in [2.45, 2.75) is 0 Å². The molecule has 82 valence electrons. The Labute approximate surface area is 98.0 Å². The highest BCUT2D eigenvalue weighted by Crippen LogP contribution is 2.29. The molecule has 0 saturated heterocycles. The van der Waals surface area contributed by atoms with Gasteiger partial charge in [0, 0.05) is 5.02 Å². The van der Waals surface area contributed by atoms with Crippen LogP contribution < -0.4 is 10.5 Å². The highest BCUT2D eigenvalue weighted by molar-refractivity contribution is 6.30. The molecule has 0 unspecified atom stereocenters. The van der Waals surface area contributed by atoms with Crippen LogP contribution in [0.4, 0.5) is 5.69 Å². The van der Waals surface area contributed by atoms with Crippen LogP contribution in [0.25, 0.3) is 11.4 Å². The molecular formula is C11H10ClN3O. The molecule has 0 aliphatic carbocycles. The molecule has 0 fully saturated rings. The first-order valence-electron chi connectivity index (χ1n) is 4.62. The van der Waals surface area contributed by atoms with E-state index in [2.05, 4.69) is 9.97 Å². The van der Waals surface area contributed by atoms with Gasteiger partial charge in [-0.25, -0.2) is 9.97 Å². The van der Waals surface area contributed by atoms with E-state index in [9.17, 15) is 0 Å². The monoisotopic (exact) mass is 235 g/mol. The second-order valence-electron chi connectivity index (χ2n) is 3.18. The lowest BCUT2D eigenvalue weighted by molar-refractivity contribution is 0.416. The van der Waals surface area contributed by atoms with Crippen LogP contribution in [0.1, 0.15) is 0 Å². The number of nitrogens with two attached hydrogens (primary N) is 1. The van der Waals surface area contributed by atoms with Gasteiger partial charge in [-0.1, -0.05) is 11.6 Å². The summed E-state index contributed by atoms with van der Waals surface area (Å²) in [6, 6.07) is 5.28. The molecule has 16 heavy (non-hydrogen) atoms. The summed E-state index contributed by atoms with van der Waals surface area (Å²) >= 11 is 5.92. The molecule has 1 aromatic heterocycles. The number of halogens is 1. The number of methoxy groups -OCH3 is 1. The van der Waals surface area contributed by atoms with Gasteiger partial charge in [-0.3, -0.25) is 0 Å². The average Bonchev–Trinajstić information content (AvgIpc) is 2.30. The summed E-state index contributed by atoms with van der Waals surface area (Å²) in [6.07, 6.45) is 3.09. The number of ether oxygens (including phenoxy) is 1. The van der Waals surface area contributed by atoms with Crippen LogP contribution in [0, 0.1) is 0 Å². The molecule has 4 nitrogen and oxygen atoms in total. The number of rotatable bonds is 2. The number of nitrogens with zero attached hydrogens (tertiary/aromatic N) is 2. The Morgan fingerprint density at radius 1 is 1.25 bits per heavy atom. The van der Waals surface area contributed by atoms with Crippen molar-refractivity contribution in [1.82, 2.24) is 9.97 Å². The minimum atomic E-state index is 0.518. The lowest BCUT2D eigenvalue weighted by atomic mass is 10.2. The topological polar surface area (TPSA) is 61.0 Å². The van der Waals surface area contributed by atoms with Gasteiger partial charge in [0.15, 0.2) is 5.82 Å². The summed E-state index contributed by atoms with van der Waals surface area (Å²) in [5.41, 5.74) is 6.79. The molecule has 0 radical (unpaired) electrons. The van der Waals surface area contributed by atoms with E-state index in [4.69, 9.17) is 22.1 Å². The lowest BCUT2D eigenvalue weighted by Crippen LogP contribution is -1.94. The molecule has 0 aliphatic rings. The van der Waals surface area contributed by atoms with Crippen LogP contribution in [0.2, 0.25) is 5.02 Å². The van der Waals surface area contributed by atoms with E-state index < -0.39 is 0 Å². The zero-order valence-electron chi connectivity index (χ0n) is 8.64. The predicted molar refractivity (Wildman–Crippen MR) is 63.4 cm³/mol. The number of benzene rings is 1. The third kappa shape index (κ3) is 2.06. The fourth-order valence-electron chi connectivity index (χ4n) is 1.33. The number of aromatic nitrogens is 2. The maximum absolute atomic E-state index is 5.92. The number of nitrogen functional groups attached to an aromatic ring is 1. The Morgan fingerprint density at radius 3 is 2.56 bits per heavy atom. The van der Waals surface area contributed by atoms with Crippen molar-refractivity contribution in [3.63, 3.8) is 0 Å². The second-order valence-corrected chi connectivity index (χ2v) is 3.62. The van der Waals surface area contributed by atoms with Crippen LogP contribution >= 0.6 is 11.6 Å². The molecule has 1 heterocycles. The molecule has 0 atom stereocenters. The average molecular weight is 236 g/mol. The first kappa shape index (κ1) is 10.7. The smallest absolute Gasteiger partial charge is 0.163 e. The fraction of sp³-hybridized carbons (Fsp3) is 0.0909. The fourth-order valence-corrected chi connectivity index (χ4v) is 1.50. The zero-order valence-corrected chi connectivity index (χ0v) is 9.40. The maximum atomic E-state index is 5.92. The Kier molecular flexibility index (Phi) is 2.92. The highest BCUT2D eigenvalue weighted by Gasteiger charge is 2.08. The zero-order chi connectivity index (χ0) is 11.5. The molecular weight excluding hydrogens is 226 g/mol. The quantitative estimate of drug-likeness (QED) is 0.868. The van der Waals surface area contributed by atoms with Crippen molar-refractivity contribution in [2.24, 2.45) is 0 Å². The molecule has 0 amide bonds. The van der Waals surface area contributed by atoms with Gasteiger partial charge in [0.1, 0.15) is 5.75 Å². The maximum Gasteiger partial charge on any atom is 0.163 e. The van der Waals surface area contributed by atoms with Gasteiger partial charge < -0.3 is 10.5 Å². The van der Waals surface area contributed by atoms with E-state index in [0.717, 1.165) is 5.56 Å². The van der Waals surface area contributed by atoms with Crippen molar-refractivity contribution < 1.29 is 4.74 Å². The molecule has 0 spiro atoms. The molecule has 2 N–H and O–H groups in total. The molecule has 0 saturated carbocycles. The van der Waals surface area contributed by atoms with E-state index >= 15 is 0 Å². The predicted octanol–water partition coefficient (Wildman–Crippen LogP) is 2.39. The van der Waals surface area contributed by atoms with Gasteiger partial charge >= 0.3 is 0 Å². The van der Waals surface area contributed by atoms with Gasteiger partial charge in [0.25, 0.3) is 0 Å². The van der Waals surface area contributed by atoms with Gasteiger partial charge in [-0.15, -0.1) is 0 Å². The summed E-state index contributed by atoms with van der Waals surface area (Å²) in [5.74, 6) is 1.21. The van der Waals surface area contributed by atoms with Crippen LogP contribution in [0.5, 0.6) is 5.75 Å². The summed E-state index contributed by atoms with van der Waals surface area (Å²) in [5, 5.41) is 0.608. The largest absolute Gasteiger partial charge is 0.496 e. The number of anilines is 1. The minimum Gasteiger partial charge on any atom is -0.496 e. The van der Waals surface area contributed by atoms with Crippen molar-refractivity contribution in [1.29, 1.82) is 0 Å². The summed E-state index contributed by atoms with van der Waals surface area (Å²) in [7, 11) is 1.59. The lowest BCUT2D eigenvalue weighted by Gasteiger charge is -2.07. The van der Waals surface area contributed by atoms with Crippen molar-refractivity contribution in [3.05, 3.63) is 35.6 Å². The van der Waals surface area contributed by atoms with E-state index in [1.165, 1.54) is 0 Å². The standard InChI is InChI=1S/C11H10ClN3O/c1-16-10-3-2-7(12)4-9(10)11-14-5-8(13)6-15-11/h2-6H,13H2,1H3. The normalized spacial score (nSPS) is 10.1. The summed E-state index contributed by atoms with van der Waals surface area (Å²) < 4.78 is 5.22. The Hall–Kier alpha value is -1.81. The number of hydrogen-bond acceptors (Lipinski definition) is 4. The van der Waals surface area contributed by atoms with E-state index in [1.807, 2.05) is 0 Å². The Morgan fingerprint density at radius 2 is 1.94 bits per heavy atom. The van der Waals surface area contributed by atoms with Crippen LogP contribution in [0.15, 0.2) is 30.6 Å². The van der Waals surface area contributed by atoms with E-state index in [-0.39, 0.29) is 0 Å². The highest BCUT2D eigenvalue weighted by atomic mass is 35.5. The molecule has 2 aromatic rings. The SMILES string of the molecule is COc1ccc(Cl)cc1-c1ncc(N)cn1. The van der Waals surface area contributed by atoms with Crippen LogP contribution in [-0.2, 0) is 0 Å². The minimum absolute atomic E-state index is 0.518. The van der Waals surface area contributed by atoms with E-state index in [0.29, 0.717) is 22.3 Å². The third-order valence-electron chi connectivity index (χ3n) is 2.07. The Balaban J connectivity index is 2.53. The third-order valence-corrected chi connectivity index (χ3v) is 2.31. The first-order chi connectivity index (χ1) is 7.70. The van der Waals surface area contributed by atoms with Crippen LogP contribution in [0.3, 0.4) is 0 Å². The van der Waals surface area contributed by atoms with Crippen molar-refractivity contribution in [2.75, 3.05) is 12.8 Å². The van der Waals surface area contributed by atoms with Crippen molar-refractivity contribution in [3.8, 4) is 17.1 Å². The molecule has 1 aromatic carbocycles. The summed E-state index contributed by atoms with van der Waals surface area (Å²) in [4.78, 5) is 8.25. The summed E-state index contributed by atoms with van der Waals surface area (Å²) in [6.45, 7) is 0. The molecule has 0 bridgehead atoms. The van der Waals surface area contributed by atoms with Gasteiger partial charge in [0.05, 0.1) is 30.8 Å². The molecule has 0 aliphatic heterocycles. The molecule has 5 heteroatoms. The number of hydrogen-bond donors (Lipinski definition) is 1.